The van der Waals surface area contributed by atoms with E-state index in [0.29, 0.717) is 11.5 Å². The van der Waals surface area contributed by atoms with E-state index < -0.39 is 85.2 Å². The Hall–Kier alpha value is -5.65. The predicted molar refractivity (Wildman–Crippen MR) is 199 cm³/mol. The van der Waals surface area contributed by atoms with E-state index in [-0.39, 0.29) is 50.2 Å². The van der Waals surface area contributed by atoms with Crippen molar-refractivity contribution in [1.82, 2.24) is 15.0 Å². The van der Waals surface area contributed by atoms with E-state index in [1.54, 1.807) is 12.1 Å². The molecule has 5 aromatic carbocycles. The van der Waals surface area contributed by atoms with Gasteiger partial charge in [-0.05, 0) is 64.8 Å². The van der Waals surface area contributed by atoms with Gasteiger partial charge in [0.2, 0.25) is 17.2 Å². The molecule has 0 atom stereocenters. The molecule has 0 aliphatic carbocycles. The number of fused-ring (bicyclic) bond motifs is 2. The van der Waals surface area contributed by atoms with Crippen LogP contribution in [0.1, 0.15) is 10.4 Å². The molecule has 6 aromatic rings. The van der Waals surface area contributed by atoms with Gasteiger partial charge in [0.05, 0.1) is 43.7 Å². The van der Waals surface area contributed by atoms with Gasteiger partial charge in [-0.15, -0.1) is 14.6 Å². The zero-order chi connectivity index (χ0) is 41.4. The van der Waals surface area contributed by atoms with Crippen molar-refractivity contribution in [3.63, 3.8) is 0 Å². The van der Waals surface area contributed by atoms with Gasteiger partial charge in [-0.1, -0.05) is 35.4 Å². The van der Waals surface area contributed by atoms with Gasteiger partial charge >= 0.3 is 5.97 Å². The lowest BCUT2D eigenvalue weighted by Crippen LogP contribution is -2.09. The lowest BCUT2D eigenvalue weighted by atomic mass is 10.1. The summed E-state index contributed by atoms with van der Waals surface area (Å²) in [4.78, 5) is 21.3. The summed E-state index contributed by atoms with van der Waals surface area (Å²) in [6.07, 6.45) is 0. The number of carboxylic acid groups (broad SMARTS) is 1. The first-order chi connectivity index (χ1) is 26.7. The van der Waals surface area contributed by atoms with E-state index in [1.807, 2.05) is 0 Å². The number of rotatable bonds is 13. The predicted octanol–water partition coefficient (Wildman–Crippen LogP) is 6.31. The van der Waals surface area contributed by atoms with Gasteiger partial charge in [0.15, 0.2) is 5.75 Å². The number of aromatic nitrogens is 3. The van der Waals surface area contributed by atoms with Crippen LogP contribution in [0.25, 0.3) is 21.5 Å². The summed E-state index contributed by atoms with van der Waals surface area (Å²) in [5.41, 5.74) is -2.19. The highest BCUT2D eigenvalue weighted by atomic mass is 35.5. The number of aromatic carboxylic acids is 1. The van der Waals surface area contributed by atoms with Crippen LogP contribution >= 0.6 is 23.6 Å². The Morgan fingerprint density at radius 2 is 1.42 bits per heavy atom. The van der Waals surface area contributed by atoms with Gasteiger partial charge in [0.1, 0.15) is 16.3 Å². The third-order valence-electron chi connectivity index (χ3n) is 7.57. The van der Waals surface area contributed by atoms with Crippen molar-refractivity contribution < 1.29 is 68.5 Å². The molecule has 0 fully saturated rings. The molecule has 6 rings (SSSR count). The summed E-state index contributed by atoms with van der Waals surface area (Å²) in [6, 6.07) is 14.2. The number of carboxylic acids is 1. The van der Waals surface area contributed by atoms with Crippen LogP contribution in [0.3, 0.4) is 0 Å². The number of phenolic OH excluding ortho intramolecular Hbond substituents is 1. The van der Waals surface area contributed by atoms with E-state index in [4.69, 9.17) is 16.9 Å². The normalized spacial score (nSPS) is 12.4. The fourth-order valence-corrected chi connectivity index (χ4v) is 7.82. The molecule has 57 heavy (non-hydrogen) atoms. The number of azo groups is 1. The second kappa shape index (κ2) is 15.7. The molecule has 0 aliphatic heterocycles. The van der Waals surface area contributed by atoms with Gasteiger partial charge in [0, 0.05) is 10.8 Å². The Bertz CT molecular complexity index is 3010. The molecule has 22 nitrogen and oxygen atoms in total. The molecule has 0 aliphatic rings. The summed E-state index contributed by atoms with van der Waals surface area (Å²) in [5.74, 6) is -3.40. The quantitative estimate of drug-likeness (QED) is 0.0207. The zero-order valence-corrected chi connectivity index (χ0v) is 31.6. The van der Waals surface area contributed by atoms with Gasteiger partial charge in [0.25, 0.3) is 30.4 Å². The molecule has 0 bridgehead atoms. The summed E-state index contributed by atoms with van der Waals surface area (Å²) < 4.78 is 107. The van der Waals surface area contributed by atoms with Crippen LogP contribution in [0.4, 0.5) is 34.6 Å². The Balaban J connectivity index is 1.51. The molecule has 0 unspecified atom stereocenters. The van der Waals surface area contributed by atoms with Crippen molar-refractivity contribution >= 4 is 116 Å². The number of nitrogens with zero attached hydrogens (tertiary/aromatic N) is 5. The van der Waals surface area contributed by atoms with E-state index in [9.17, 15) is 53.9 Å². The standard InChI is InChI=1S/C30H20ClN7O15S4/c31-28-34-29(32-19-8-6-15(55(43,44)45)11-18(19)27(40)41)36-30(35-28)33-21-12-16(56(46,47)48)9-14-10-22(54-53-52-42)24(25(39)23(14)21)38-37-20-7-5-13-3-1-2-4-17(13)26(20)57(49,50)51/h1-12,39,42H,(H,40,41)(H,43,44,45)(H,46,47,48)(H,49,50,51)(H2,32,33,34,35,36). The molecular formula is C30H20ClN7O15S4. The van der Waals surface area contributed by atoms with E-state index in [2.05, 4.69) is 45.2 Å². The van der Waals surface area contributed by atoms with Crippen molar-refractivity contribution in [1.29, 1.82) is 0 Å². The van der Waals surface area contributed by atoms with Crippen molar-refractivity contribution in [3.8, 4) is 5.75 Å². The van der Waals surface area contributed by atoms with E-state index in [0.717, 1.165) is 30.3 Å². The number of carbonyl (C=O) groups is 1. The maximum Gasteiger partial charge on any atom is 0.337 e. The molecule has 1 heterocycles. The third-order valence-corrected chi connectivity index (χ3v) is 11.0. The highest BCUT2D eigenvalue weighted by Gasteiger charge is 2.24. The highest BCUT2D eigenvalue weighted by molar-refractivity contribution is 7.94. The average Bonchev–Trinajstić information content (AvgIpc) is 3.11. The average molecular weight is 882 g/mol. The molecule has 0 saturated heterocycles. The fraction of sp³-hybridized carbons (Fsp3) is 0. The van der Waals surface area contributed by atoms with Gasteiger partial charge < -0.3 is 20.8 Å². The molecule has 0 radical (unpaired) electrons. The number of anilines is 4. The molecule has 1 aromatic heterocycles. The second-order valence-corrected chi connectivity index (χ2v) is 16.4. The maximum absolute atomic E-state index is 12.5. The Labute approximate surface area is 328 Å². The van der Waals surface area contributed by atoms with E-state index in [1.165, 1.54) is 24.3 Å². The first-order valence-corrected chi connectivity index (χ1v) is 20.4. The van der Waals surface area contributed by atoms with Crippen LogP contribution < -0.4 is 10.6 Å². The molecular weight excluding hydrogens is 862 g/mol. The zero-order valence-electron chi connectivity index (χ0n) is 27.5. The summed E-state index contributed by atoms with van der Waals surface area (Å²) in [7, 11) is -14.7. The topological polar surface area (TPSA) is 347 Å². The highest BCUT2D eigenvalue weighted by Crippen LogP contribution is 2.48. The number of benzene rings is 5. The monoisotopic (exact) mass is 881 g/mol. The molecule has 0 amide bonds. The lowest BCUT2D eigenvalue weighted by Gasteiger charge is -2.15. The van der Waals surface area contributed by atoms with Gasteiger partial charge in [-0.2, -0.15) is 40.2 Å². The summed E-state index contributed by atoms with van der Waals surface area (Å²) in [6.45, 7) is 0. The Morgan fingerprint density at radius 1 is 0.754 bits per heavy atom. The third kappa shape index (κ3) is 9.00. The molecule has 27 heteroatoms. The Morgan fingerprint density at radius 3 is 2.05 bits per heavy atom. The van der Waals surface area contributed by atoms with Crippen LogP contribution in [0.2, 0.25) is 5.28 Å². The van der Waals surface area contributed by atoms with Crippen LogP contribution in [-0.4, -0.2) is 75.3 Å². The minimum absolute atomic E-state index is 0.0780. The van der Waals surface area contributed by atoms with Crippen LogP contribution in [-0.2, 0) is 39.7 Å². The first-order valence-electron chi connectivity index (χ1n) is 14.9. The van der Waals surface area contributed by atoms with Crippen molar-refractivity contribution in [2.45, 2.75) is 19.6 Å². The number of nitrogens with one attached hydrogen (secondary N) is 2. The molecule has 0 saturated carbocycles. The minimum atomic E-state index is -4.98. The van der Waals surface area contributed by atoms with E-state index >= 15 is 0 Å². The molecule has 0 spiro atoms. The van der Waals surface area contributed by atoms with Crippen molar-refractivity contribution in [2.24, 2.45) is 10.2 Å². The number of aromatic hydroxyl groups is 1. The largest absolute Gasteiger partial charge is 0.505 e. The number of halogens is 1. The lowest BCUT2D eigenvalue weighted by molar-refractivity contribution is -0.432. The summed E-state index contributed by atoms with van der Waals surface area (Å²) in [5, 5.41) is 46.4. The van der Waals surface area contributed by atoms with Crippen LogP contribution in [0, 0.1) is 0 Å². The van der Waals surface area contributed by atoms with Crippen molar-refractivity contribution in [3.05, 3.63) is 83.6 Å². The molecule has 296 valence electrons. The summed E-state index contributed by atoms with van der Waals surface area (Å²) >= 11 is 6.33. The van der Waals surface area contributed by atoms with Gasteiger partial charge in [-0.25, -0.2) is 10.1 Å². The maximum atomic E-state index is 12.5. The van der Waals surface area contributed by atoms with Gasteiger partial charge in [-0.3, -0.25) is 13.7 Å². The first kappa shape index (κ1) is 41.0. The number of hydrogen-bond acceptors (Lipinski definition) is 19. The smallest absolute Gasteiger partial charge is 0.337 e. The van der Waals surface area contributed by atoms with Crippen LogP contribution in [0.15, 0.2) is 103 Å². The number of phenols is 1. The Kier molecular flexibility index (Phi) is 11.3. The SMILES string of the molecule is O=C(O)c1cc(S(=O)(=O)O)ccc1Nc1nc(Cl)nc(Nc2cc(S(=O)(=O)O)cc3cc(SOOO)c(N=Nc4ccc5ccccc5c4S(=O)(=O)O)c(O)c23)n1. The fourth-order valence-electron chi connectivity index (χ4n) is 5.28. The van der Waals surface area contributed by atoms with Crippen molar-refractivity contribution in [2.75, 3.05) is 10.6 Å². The number of hydrogen-bond donors (Lipinski definition) is 8. The van der Waals surface area contributed by atoms with Crippen LogP contribution in [0.5, 0.6) is 5.75 Å². The second-order valence-electron chi connectivity index (χ2n) is 11.1. The molecule has 8 N–H and O–H groups in total. The minimum Gasteiger partial charge on any atom is -0.505 e.